The molecule has 1 atom stereocenters. The molecular weight excluding hydrogens is 486 g/mol. The first-order chi connectivity index (χ1) is 17.8. The fraction of sp³-hybridized carbons (Fsp3) is 0.310. The Morgan fingerprint density at radius 3 is 1.92 bits per heavy atom. The number of para-hydroxylation sites is 1. The van der Waals surface area contributed by atoms with Crippen molar-refractivity contribution in [3.63, 3.8) is 0 Å². The molecule has 37 heavy (non-hydrogen) atoms. The SMILES string of the molecule is CCCCNC(=O)C(Cc1ccccc1)N(Cc1ccccc1)C(=O)CN(c1ccccc1)S(C)(=O)=O. The lowest BCUT2D eigenvalue weighted by Gasteiger charge is -2.33. The van der Waals surface area contributed by atoms with E-state index in [0.717, 1.165) is 34.5 Å². The predicted octanol–water partition coefficient (Wildman–Crippen LogP) is 4.01. The second kappa shape index (κ2) is 13.6. The van der Waals surface area contributed by atoms with Crippen molar-refractivity contribution in [3.05, 3.63) is 102 Å². The molecule has 0 bridgehead atoms. The van der Waals surface area contributed by atoms with Gasteiger partial charge in [-0.05, 0) is 29.7 Å². The fourth-order valence-electron chi connectivity index (χ4n) is 4.05. The van der Waals surface area contributed by atoms with Gasteiger partial charge in [0.2, 0.25) is 21.8 Å². The molecule has 0 aliphatic rings. The highest BCUT2D eigenvalue weighted by Crippen LogP contribution is 2.20. The molecule has 0 fully saturated rings. The quantitative estimate of drug-likeness (QED) is 0.345. The van der Waals surface area contributed by atoms with E-state index in [4.69, 9.17) is 0 Å². The van der Waals surface area contributed by atoms with Crippen LogP contribution in [0.2, 0.25) is 0 Å². The minimum absolute atomic E-state index is 0.171. The van der Waals surface area contributed by atoms with Gasteiger partial charge >= 0.3 is 0 Å². The summed E-state index contributed by atoms with van der Waals surface area (Å²) in [6, 6.07) is 26.6. The number of nitrogens with zero attached hydrogens (tertiary/aromatic N) is 2. The van der Waals surface area contributed by atoms with Crippen molar-refractivity contribution in [2.75, 3.05) is 23.7 Å². The van der Waals surface area contributed by atoms with Gasteiger partial charge in [-0.25, -0.2) is 8.42 Å². The second-order valence-corrected chi connectivity index (χ2v) is 10.9. The highest BCUT2D eigenvalue weighted by molar-refractivity contribution is 7.92. The van der Waals surface area contributed by atoms with E-state index in [1.807, 2.05) is 67.6 Å². The third-order valence-electron chi connectivity index (χ3n) is 6.02. The smallest absolute Gasteiger partial charge is 0.244 e. The molecule has 2 amide bonds. The number of hydrogen-bond acceptors (Lipinski definition) is 4. The zero-order valence-electron chi connectivity index (χ0n) is 21.4. The van der Waals surface area contributed by atoms with E-state index < -0.39 is 28.5 Å². The molecule has 3 aromatic carbocycles. The van der Waals surface area contributed by atoms with Crippen molar-refractivity contribution in [2.24, 2.45) is 0 Å². The lowest BCUT2D eigenvalue weighted by Crippen LogP contribution is -2.53. The largest absolute Gasteiger partial charge is 0.354 e. The van der Waals surface area contributed by atoms with E-state index >= 15 is 0 Å². The average Bonchev–Trinajstić information content (AvgIpc) is 2.90. The van der Waals surface area contributed by atoms with Crippen molar-refractivity contribution in [1.29, 1.82) is 0 Å². The van der Waals surface area contributed by atoms with Gasteiger partial charge in [0.15, 0.2) is 0 Å². The van der Waals surface area contributed by atoms with Gasteiger partial charge in [0.1, 0.15) is 12.6 Å². The Morgan fingerprint density at radius 2 is 1.38 bits per heavy atom. The summed E-state index contributed by atoms with van der Waals surface area (Å²) < 4.78 is 26.5. The van der Waals surface area contributed by atoms with Crippen molar-refractivity contribution in [3.8, 4) is 0 Å². The van der Waals surface area contributed by atoms with Gasteiger partial charge in [0.05, 0.1) is 11.9 Å². The van der Waals surface area contributed by atoms with Crippen LogP contribution in [0.5, 0.6) is 0 Å². The minimum Gasteiger partial charge on any atom is -0.354 e. The maximum Gasteiger partial charge on any atom is 0.244 e. The third kappa shape index (κ3) is 8.46. The number of nitrogens with one attached hydrogen (secondary N) is 1. The first-order valence-electron chi connectivity index (χ1n) is 12.5. The fourth-order valence-corrected chi connectivity index (χ4v) is 4.90. The van der Waals surface area contributed by atoms with Gasteiger partial charge < -0.3 is 10.2 Å². The third-order valence-corrected chi connectivity index (χ3v) is 7.16. The maximum atomic E-state index is 13.9. The lowest BCUT2D eigenvalue weighted by atomic mass is 10.0. The number of unbranched alkanes of at least 4 members (excludes halogenated alkanes) is 1. The minimum atomic E-state index is -3.76. The van der Waals surface area contributed by atoms with Crippen LogP contribution >= 0.6 is 0 Å². The van der Waals surface area contributed by atoms with Crippen LogP contribution in [-0.4, -0.2) is 50.5 Å². The standard InChI is InChI=1S/C29H35N3O4S/c1-3-4-20-30-29(34)27(21-24-14-8-5-9-15-24)31(22-25-16-10-6-11-17-25)28(33)23-32(37(2,35)36)26-18-12-7-13-19-26/h5-19,27H,3-4,20-23H2,1-2H3,(H,30,34). The van der Waals surface area contributed by atoms with Crippen LogP contribution < -0.4 is 9.62 Å². The number of benzene rings is 3. The Labute approximate surface area is 220 Å². The molecule has 0 radical (unpaired) electrons. The number of hydrogen-bond donors (Lipinski definition) is 1. The summed E-state index contributed by atoms with van der Waals surface area (Å²) in [7, 11) is -3.76. The van der Waals surface area contributed by atoms with Crippen LogP contribution in [-0.2, 0) is 32.6 Å². The molecule has 196 valence electrons. The molecule has 0 spiro atoms. The van der Waals surface area contributed by atoms with Gasteiger partial charge in [-0.2, -0.15) is 0 Å². The molecule has 1 unspecified atom stereocenters. The van der Waals surface area contributed by atoms with Gasteiger partial charge in [-0.15, -0.1) is 0 Å². The van der Waals surface area contributed by atoms with Crippen molar-refractivity contribution < 1.29 is 18.0 Å². The topological polar surface area (TPSA) is 86.8 Å². The van der Waals surface area contributed by atoms with E-state index in [-0.39, 0.29) is 12.5 Å². The molecule has 0 saturated heterocycles. The Kier molecular flexibility index (Phi) is 10.3. The van der Waals surface area contributed by atoms with Crippen molar-refractivity contribution in [2.45, 2.75) is 38.8 Å². The lowest BCUT2D eigenvalue weighted by molar-refractivity contribution is -0.140. The normalized spacial score (nSPS) is 11.9. The summed E-state index contributed by atoms with van der Waals surface area (Å²) >= 11 is 0. The summed E-state index contributed by atoms with van der Waals surface area (Å²) in [5.74, 6) is -0.711. The van der Waals surface area contributed by atoms with E-state index in [0.29, 0.717) is 18.7 Å². The van der Waals surface area contributed by atoms with Crippen LogP contribution in [0.3, 0.4) is 0 Å². The number of carbonyl (C=O) groups excluding carboxylic acids is 2. The number of anilines is 1. The number of carbonyl (C=O) groups is 2. The number of rotatable bonds is 13. The molecule has 3 rings (SSSR count). The maximum absolute atomic E-state index is 13.9. The van der Waals surface area contributed by atoms with Crippen LogP contribution in [0, 0.1) is 0 Å². The molecule has 3 aromatic rings. The second-order valence-electron chi connectivity index (χ2n) is 8.96. The molecule has 0 aromatic heterocycles. The van der Waals surface area contributed by atoms with Crippen LogP contribution in [0.15, 0.2) is 91.0 Å². The monoisotopic (exact) mass is 521 g/mol. The zero-order chi connectivity index (χ0) is 26.7. The van der Waals surface area contributed by atoms with Gasteiger partial charge in [-0.1, -0.05) is 92.2 Å². The van der Waals surface area contributed by atoms with Crippen molar-refractivity contribution in [1.82, 2.24) is 10.2 Å². The van der Waals surface area contributed by atoms with Crippen LogP contribution in [0.1, 0.15) is 30.9 Å². The zero-order valence-corrected chi connectivity index (χ0v) is 22.2. The molecule has 7 nitrogen and oxygen atoms in total. The summed E-state index contributed by atoms with van der Waals surface area (Å²) in [4.78, 5) is 28.9. The number of sulfonamides is 1. The van der Waals surface area contributed by atoms with Crippen LogP contribution in [0.4, 0.5) is 5.69 Å². The summed E-state index contributed by atoms with van der Waals surface area (Å²) in [6.07, 6.45) is 3.14. The van der Waals surface area contributed by atoms with E-state index in [2.05, 4.69) is 5.32 Å². The highest BCUT2D eigenvalue weighted by Gasteiger charge is 2.32. The summed E-state index contributed by atoms with van der Waals surface area (Å²) in [5, 5.41) is 2.98. The summed E-state index contributed by atoms with van der Waals surface area (Å²) in [5.41, 5.74) is 2.15. The Hall–Kier alpha value is -3.65. The molecule has 0 saturated carbocycles. The molecule has 0 aliphatic carbocycles. The Balaban J connectivity index is 1.99. The van der Waals surface area contributed by atoms with Gasteiger partial charge in [0.25, 0.3) is 0 Å². The predicted molar refractivity (Wildman–Crippen MR) is 147 cm³/mol. The van der Waals surface area contributed by atoms with E-state index in [9.17, 15) is 18.0 Å². The molecular formula is C29H35N3O4S. The Bertz CT molecular complexity index is 1240. The van der Waals surface area contributed by atoms with Gasteiger partial charge in [-0.3, -0.25) is 13.9 Å². The van der Waals surface area contributed by atoms with E-state index in [1.54, 1.807) is 30.3 Å². The van der Waals surface area contributed by atoms with E-state index in [1.165, 1.54) is 4.90 Å². The Morgan fingerprint density at radius 1 is 0.838 bits per heavy atom. The van der Waals surface area contributed by atoms with Gasteiger partial charge in [0, 0.05) is 19.5 Å². The van der Waals surface area contributed by atoms with Crippen molar-refractivity contribution >= 4 is 27.5 Å². The van der Waals surface area contributed by atoms with Crippen LogP contribution in [0.25, 0.3) is 0 Å². The molecule has 0 heterocycles. The number of amides is 2. The molecule has 0 aliphatic heterocycles. The summed E-state index contributed by atoms with van der Waals surface area (Å²) in [6.45, 7) is 2.31. The molecule has 8 heteroatoms. The molecule has 1 N–H and O–H groups in total. The highest BCUT2D eigenvalue weighted by atomic mass is 32.2. The average molecular weight is 522 g/mol. The first kappa shape index (κ1) is 27.9. The first-order valence-corrected chi connectivity index (χ1v) is 14.3.